The van der Waals surface area contributed by atoms with Crippen molar-refractivity contribution >= 4 is 41.2 Å². The zero-order chi connectivity index (χ0) is 18.9. The Labute approximate surface area is 155 Å². The molecule has 2 aromatic rings. The average Bonchev–Trinajstić information content (AvgIpc) is 2.66. The number of nitrogens with one attached hydrogen (secondary N) is 1. The molecule has 0 fully saturated rings. The van der Waals surface area contributed by atoms with Gasteiger partial charge in [0.05, 0.1) is 12.7 Å². The molecule has 0 unspecified atom stereocenters. The Balaban J connectivity index is 1.80. The average molecular weight is 374 g/mol. The second-order valence-electron chi connectivity index (χ2n) is 5.11. The highest BCUT2D eigenvalue weighted by molar-refractivity contribution is 6.30. The first kappa shape index (κ1) is 19.2. The standard InChI is InChI=1S/C19H16ClNO5/c1-25-19(24)14-5-2-13(3-6-14)4-11-18(23)26-12-17(22)21-16-9-7-15(20)8-10-16/h2-11H,12H2,1H3,(H,21,22)/b11-4+. The van der Waals surface area contributed by atoms with Crippen LogP contribution >= 0.6 is 11.6 Å². The maximum atomic E-state index is 11.7. The molecule has 7 heteroatoms. The van der Waals surface area contributed by atoms with Gasteiger partial charge in [-0.25, -0.2) is 9.59 Å². The van der Waals surface area contributed by atoms with E-state index in [1.165, 1.54) is 19.3 Å². The maximum Gasteiger partial charge on any atom is 0.337 e. The Morgan fingerprint density at radius 3 is 2.31 bits per heavy atom. The molecule has 0 radical (unpaired) electrons. The third kappa shape index (κ3) is 6.07. The fourth-order valence-corrected chi connectivity index (χ4v) is 2.05. The number of benzene rings is 2. The van der Waals surface area contributed by atoms with E-state index in [2.05, 4.69) is 10.1 Å². The van der Waals surface area contributed by atoms with Crippen LogP contribution in [0.4, 0.5) is 5.69 Å². The molecule has 0 heterocycles. The number of esters is 2. The molecule has 134 valence electrons. The number of methoxy groups -OCH3 is 1. The van der Waals surface area contributed by atoms with Crippen molar-refractivity contribution in [2.75, 3.05) is 19.0 Å². The van der Waals surface area contributed by atoms with Gasteiger partial charge in [0.1, 0.15) is 0 Å². The van der Waals surface area contributed by atoms with Crippen LogP contribution in [0.1, 0.15) is 15.9 Å². The number of rotatable bonds is 6. The van der Waals surface area contributed by atoms with Crippen LogP contribution < -0.4 is 5.32 Å². The van der Waals surface area contributed by atoms with Crippen molar-refractivity contribution < 1.29 is 23.9 Å². The van der Waals surface area contributed by atoms with Gasteiger partial charge in [-0.05, 0) is 48.0 Å². The number of hydrogen-bond acceptors (Lipinski definition) is 5. The summed E-state index contributed by atoms with van der Waals surface area (Å²) in [4.78, 5) is 34.7. The fraction of sp³-hybridized carbons (Fsp3) is 0.105. The van der Waals surface area contributed by atoms with Crippen LogP contribution in [0, 0.1) is 0 Å². The van der Waals surface area contributed by atoms with E-state index in [0.29, 0.717) is 21.8 Å². The van der Waals surface area contributed by atoms with Gasteiger partial charge in [-0.3, -0.25) is 4.79 Å². The van der Waals surface area contributed by atoms with Gasteiger partial charge in [-0.1, -0.05) is 23.7 Å². The largest absolute Gasteiger partial charge is 0.465 e. The number of anilines is 1. The molecule has 0 aliphatic heterocycles. The Morgan fingerprint density at radius 2 is 1.69 bits per heavy atom. The van der Waals surface area contributed by atoms with E-state index < -0.39 is 24.5 Å². The van der Waals surface area contributed by atoms with Crippen LogP contribution in [0.2, 0.25) is 5.02 Å². The van der Waals surface area contributed by atoms with Gasteiger partial charge in [0.2, 0.25) is 0 Å². The predicted octanol–water partition coefficient (Wildman–Crippen LogP) is 3.32. The lowest BCUT2D eigenvalue weighted by atomic mass is 10.1. The number of carbonyl (C=O) groups excluding carboxylic acids is 3. The summed E-state index contributed by atoms with van der Waals surface area (Å²) in [6.07, 6.45) is 2.71. The van der Waals surface area contributed by atoms with Crippen LogP contribution in [0.3, 0.4) is 0 Å². The van der Waals surface area contributed by atoms with Crippen molar-refractivity contribution in [2.45, 2.75) is 0 Å². The van der Waals surface area contributed by atoms with Crippen LogP contribution in [0.15, 0.2) is 54.6 Å². The van der Waals surface area contributed by atoms with E-state index in [1.807, 2.05) is 0 Å². The summed E-state index contributed by atoms with van der Waals surface area (Å²) in [5.74, 6) is -1.56. The lowest BCUT2D eigenvalue weighted by Crippen LogP contribution is -2.20. The van der Waals surface area contributed by atoms with E-state index in [1.54, 1.807) is 48.5 Å². The Morgan fingerprint density at radius 1 is 1.04 bits per heavy atom. The van der Waals surface area contributed by atoms with Gasteiger partial charge in [0, 0.05) is 16.8 Å². The third-order valence-electron chi connectivity index (χ3n) is 3.22. The minimum Gasteiger partial charge on any atom is -0.465 e. The first-order chi connectivity index (χ1) is 12.5. The van der Waals surface area contributed by atoms with Crippen LogP contribution in [0.25, 0.3) is 6.08 Å². The number of hydrogen-bond donors (Lipinski definition) is 1. The number of ether oxygens (including phenoxy) is 2. The zero-order valence-electron chi connectivity index (χ0n) is 13.9. The number of carbonyl (C=O) groups is 3. The molecular weight excluding hydrogens is 358 g/mol. The summed E-state index contributed by atoms with van der Waals surface area (Å²) in [6, 6.07) is 13.0. The summed E-state index contributed by atoms with van der Waals surface area (Å²) in [5, 5.41) is 3.13. The van der Waals surface area contributed by atoms with Crippen molar-refractivity contribution in [1.82, 2.24) is 0 Å². The van der Waals surface area contributed by atoms with E-state index in [-0.39, 0.29) is 0 Å². The normalized spacial score (nSPS) is 10.4. The van der Waals surface area contributed by atoms with E-state index in [0.717, 1.165) is 0 Å². The molecular formula is C19H16ClNO5. The molecule has 1 N–H and O–H groups in total. The monoisotopic (exact) mass is 373 g/mol. The third-order valence-corrected chi connectivity index (χ3v) is 3.47. The molecule has 26 heavy (non-hydrogen) atoms. The summed E-state index contributed by atoms with van der Waals surface area (Å²) >= 11 is 5.76. The summed E-state index contributed by atoms with van der Waals surface area (Å²) in [7, 11) is 1.30. The molecule has 6 nitrogen and oxygen atoms in total. The predicted molar refractivity (Wildman–Crippen MR) is 97.9 cm³/mol. The molecule has 1 amide bonds. The minimum atomic E-state index is -0.659. The summed E-state index contributed by atoms with van der Waals surface area (Å²) < 4.78 is 9.46. The highest BCUT2D eigenvalue weighted by Gasteiger charge is 2.06. The maximum absolute atomic E-state index is 11.7. The number of amides is 1. The minimum absolute atomic E-state index is 0.408. The van der Waals surface area contributed by atoms with E-state index in [9.17, 15) is 14.4 Å². The highest BCUT2D eigenvalue weighted by Crippen LogP contribution is 2.13. The van der Waals surface area contributed by atoms with Gasteiger partial charge in [-0.15, -0.1) is 0 Å². The summed E-state index contributed by atoms with van der Waals surface area (Å²) in [5.41, 5.74) is 1.66. The Kier molecular flexibility index (Phi) is 6.93. The lowest BCUT2D eigenvalue weighted by molar-refractivity contribution is -0.142. The molecule has 0 spiro atoms. The zero-order valence-corrected chi connectivity index (χ0v) is 14.7. The molecule has 0 saturated heterocycles. The van der Waals surface area contributed by atoms with Crippen molar-refractivity contribution in [2.24, 2.45) is 0 Å². The Hall–Kier alpha value is -3.12. The quantitative estimate of drug-likeness (QED) is 0.620. The van der Waals surface area contributed by atoms with Gasteiger partial charge >= 0.3 is 11.9 Å². The number of halogens is 1. The second-order valence-corrected chi connectivity index (χ2v) is 5.55. The van der Waals surface area contributed by atoms with Crippen molar-refractivity contribution in [3.05, 3.63) is 70.8 Å². The highest BCUT2D eigenvalue weighted by atomic mass is 35.5. The van der Waals surface area contributed by atoms with E-state index >= 15 is 0 Å². The van der Waals surface area contributed by atoms with Crippen LogP contribution in [-0.2, 0) is 19.1 Å². The molecule has 2 aromatic carbocycles. The molecule has 0 bridgehead atoms. The van der Waals surface area contributed by atoms with Gasteiger partial charge in [0.15, 0.2) is 6.61 Å². The first-order valence-corrected chi connectivity index (χ1v) is 7.94. The van der Waals surface area contributed by atoms with Crippen molar-refractivity contribution in [3.8, 4) is 0 Å². The molecule has 0 aliphatic carbocycles. The topological polar surface area (TPSA) is 81.7 Å². The first-order valence-electron chi connectivity index (χ1n) is 7.56. The summed E-state index contributed by atoms with van der Waals surface area (Å²) in [6.45, 7) is -0.410. The smallest absolute Gasteiger partial charge is 0.337 e. The fourth-order valence-electron chi connectivity index (χ4n) is 1.93. The van der Waals surface area contributed by atoms with Gasteiger partial charge in [-0.2, -0.15) is 0 Å². The van der Waals surface area contributed by atoms with Gasteiger partial charge < -0.3 is 14.8 Å². The van der Waals surface area contributed by atoms with E-state index in [4.69, 9.17) is 16.3 Å². The SMILES string of the molecule is COC(=O)c1ccc(/C=C/C(=O)OCC(=O)Nc2ccc(Cl)cc2)cc1. The van der Waals surface area contributed by atoms with Crippen molar-refractivity contribution in [3.63, 3.8) is 0 Å². The van der Waals surface area contributed by atoms with Crippen LogP contribution in [0.5, 0.6) is 0 Å². The molecule has 0 atom stereocenters. The van der Waals surface area contributed by atoms with Gasteiger partial charge in [0.25, 0.3) is 5.91 Å². The second kappa shape index (κ2) is 9.39. The molecule has 0 aliphatic rings. The lowest BCUT2D eigenvalue weighted by Gasteiger charge is -2.05. The molecule has 0 aromatic heterocycles. The molecule has 0 saturated carbocycles. The molecule has 2 rings (SSSR count). The Bertz CT molecular complexity index is 813. The van der Waals surface area contributed by atoms with Crippen LogP contribution in [-0.4, -0.2) is 31.6 Å². The van der Waals surface area contributed by atoms with Crippen molar-refractivity contribution in [1.29, 1.82) is 0 Å².